The number of anilines is 1. The molecular formula is C24H34N2O2. The molecule has 28 heavy (non-hydrogen) atoms. The number of carbonyl (C=O) groups excluding carboxylic acids is 1. The topological polar surface area (TPSA) is 50.4 Å². The fourth-order valence-electron chi connectivity index (χ4n) is 5.36. The smallest absolute Gasteiger partial charge is 0.241 e. The summed E-state index contributed by atoms with van der Waals surface area (Å²) in [5.41, 5.74) is 3.68. The summed E-state index contributed by atoms with van der Waals surface area (Å²) in [7, 11) is 1.92. The number of likely N-dealkylation sites (N-methyl/N-ethyl adjacent to an activating group) is 1. The Balaban J connectivity index is 1.45. The van der Waals surface area contributed by atoms with Gasteiger partial charge in [-0.2, -0.15) is 0 Å². The Morgan fingerprint density at radius 1 is 1.11 bits per heavy atom. The summed E-state index contributed by atoms with van der Waals surface area (Å²) in [6, 6.07) is 6.31. The van der Waals surface area contributed by atoms with E-state index in [-0.39, 0.29) is 17.4 Å². The first kappa shape index (κ1) is 19.7. The predicted molar refractivity (Wildman–Crippen MR) is 114 cm³/mol. The number of rotatable bonds is 4. The van der Waals surface area contributed by atoms with Gasteiger partial charge < -0.3 is 15.4 Å². The van der Waals surface area contributed by atoms with E-state index in [1.165, 1.54) is 43.2 Å². The Morgan fingerprint density at radius 2 is 1.82 bits per heavy atom. The number of nitrogens with one attached hydrogen (secondary N) is 2. The third kappa shape index (κ3) is 4.04. The summed E-state index contributed by atoms with van der Waals surface area (Å²) in [5, 5.41) is 6.49. The Hall–Kier alpha value is -1.65. The van der Waals surface area contributed by atoms with Crippen molar-refractivity contribution < 1.29 is 9.53 Å². The second kappa shape index (κ2) is 8.79. The summed E-state index contributed by atoms with van der Waals surface area (Å²) in [6.45, 7) is 1.65. The first-order valence-corrected chi connectivity index (χ1v) is 11.1. The first-order chi connectivity index (χ1) is 13.7. The van der Waals surface area contributed by atoms with Gasteiger partial charge in [0.2, 0.25) is 5.91 Å². The molecule has 2 aliphatic carbocycles. The minimum Gasteiger partial charge on any atom is -0.381 e. The lowest BCUT2D eigenvalue weighted by Gasteiger charge is -2.33. The highest BCUT2D eigenvalue weighted by Crippen LogP contribution is 2.44. The van der Waals surface area contributed by atoms with Gasteiger partial charge in [0.15, 0.2) is 0 Å². The molecule has 1 aromatic carbocycles. The summed E-state index contributed by atoms with van der Waals surface area (Å²) in [4.78, 5) is 13.0. The molecule has 1 saturated carbocycles. The highest BCUT2D eigenvalue weighted by molar-refractivity contribution is 5.95. The molecule has 152 valence electrons. The molecule has 1 aliphatic heterocycles. The Bertz CT molecular complexity index is 713. The number of hydrogen-bond acceptors (Lipinski definition) is 3. The number of ether oxygens (including phenoxy) is 1. The lowest BCUT2D eigenvalue weighted by molar-refractivity contribution is -0.119. The van der Waals surface area contributed by atoms with Crippen molar-refractivity contribution >= 4 is 17.7 Å². The van der Waals surface area contributed by atoms with Gasteiger partial charge in [0, 0.05) is 24.3 Å². The molecule has 1 atom stereocenters. The summed E-state index contributed by atoms with van der Waals surface area (Å²) in [5.74, 6) is 0.543. The number of carbonyl (C=O) groups is 1. The average molecular weight is 383 g/mol. The van der Waals surface area contributed by atoms with Gasteiger partial charge >= 0.3 is 0 Å². The van der Waals surface area contributed by atoms with E-state index in [2.05, 4.69) is 41.0 Å². The van der Waals surface area contributed by atoms with Crippen LogP contribution in [0.3, 0.4) is 0 Å². The normalized spacial score (nSPS) is 23.0. The van der Waals surface area contributed by atoms with E-state index in [0.717, 1.165) is 44.6 Å². The van der Waals surface area contributed by atoms with Crippen molar-refractivity contribution in [2.24, 2.45) is 5.92 Å². The maximum atomic E-state index is 13.0. The van der Waals surface area contributed by atoms with E-state index >= 15 is 0 Å². The molecule has 1 aromatic rings. The van der Waals surface area contributed by atoms with Crippen molar-refractivity contribution in [2.45, 2.75) is 69.2 Å². The molecule has 0 radical (unpaired) electrons. The van der Waals surface area contributed by atoms with E-state index in [4.69, 9.17) is 4.74 Å². The van der Waals surface area contributed by atoms with Crippen LogP contribution in [0.2, 0.25) is 0 Å². The van der Waals surface area contributed by atoms with E-state index in [9.17, 15) is 4.79 Å². The predicted octanol–water partition coefficient (Wildman–Crippen LogP) is 4.65. The monoisotopic (exact) mass is 382 g/mol. The molecule has 2 fully saturated rings. The van der Waals surface area contributed by atoms with Crippen LogP contribution in [-0.4, -0.2) is 32.2 Å². The first-order valence-electron chi connectivity index (χ1n) is 11.1. The van der Waals surface area contributed by atoms with Crippen LogP contribution in [0.5, 0.6) is 0 Å². The fraction of sp³-hybridized carbons (Fsp3) is 0.625. The minimum atomic E-state index is -0.108. The van der Waals surface area contributed by atoms with Gasteiger partial charge in [-0.05, 0) is 61.9 Å². The zero-order valence-corrected chi connectivity index (χ0v) is 17.1. The number of amides is 1. The van der Waals surface area contributed by atoms with Crippen LogP contribution in [0, 0.1) is 5.92 Å². The van der Waals surface area contributed by atoms with Gasteiger partial charge in [-0.25, -0.2) is 0 Å². The van der Waals surface area contributed by atoms with Crippen LogP contribution < -0.4 is 10.6 Å². The van der Waals surface area contributed by atoms with Gasteiger partial charge in [0.25, 0.3) is 0 Å². The average Bonchev–Trinajstić information content (AvgIpc) is 3.02. The molecule has 3 aliphatic rings. The highest BCUT2D eigenvalue weighted by Gasteiger charge is 2.36. The van der Waals surface area contributed by atoms with Crippen molar-refractivity contribution in [3.63, 3.8) is 0 Å². The number of hydrogen-bond donors (Lipinski definition) is 2. The fourth-order valence-corrected chi connectivity index (χ4v) is 5.36. The van der Waals surface area contributed by atoms with E-state index in [0.29, 0.717) is 5.92 Å². The van der Waals surface area contributed by atoms with Crippen molar-refractivity contribution in [2.75, 3.05) is 25.6 Å². The van der Waals surface area contributed by atoms with Crippen LogP contribution >= 0.6 is 0 Å². The van der Waals surface area contributed by atoms with Crippen LogP contribution in [0.4, 0.5) is 5.69 Å². The Kier molecular flexibility index (Phi) is 6.17. The standard InChI is InChI=1S/C24H34N2O2/c1-25-22(18-7-5-3-2-4-6-8-18)23(27)26-20-9-10-21-19(17-20)11-12-24(21)13-15-28-16-14-24/h9-12,17-18,22,25H,2-8,13-16H2,1H3,(H,26,27). The maximum absolute atomic E-state index is 13.0. The molecule has 1 spiro atoms. The van der Waals surface area contributed by atoms with E-state index < -0.39 is 0 Å². The summed E-state index contributed by atoms with van der Waals surface area (Å²) < 4.78 is 5.56. The molecule has 1 saturated heterocycles. The van der Waals surface area contributed by atoms with Gasteiger partial charge in [0.1, 0.15) is 0 Å². The lowest BCUT2D eigenvalue weighted by Crippen LogP contribution is -2.44. The zero-order valence-electron chi connectivity index (χ0n) is 17.1. The Labute approximate surface area is 169 Å². The van der Waals surface area contributed by atoms with Crippen molar-refractivity contribution in [1.82, 2.24) is 5.32 Å². The van der Waals surface area contributed by atoms with Gasteiger partial charge in [-0.3, -0.25) is 4.79 Å². The van der Waals surface area contributed by atoms with Crippen LogP contribution in [0.1, 0.15) is 68.9 Å². The largest absolute Gasteiger partial charge is 0.381 e. The Morgan fingerprint density at radius 3 is 2.54 bits per heavy atom. The minimum absolute atomic E-state index is 0.107. The third-order valence-electron chi connectivity index (χ3n) is 7.04. The molecule has 0 bridgehead atoms. The van der Waals surface area contributed by atoms with Gasteiger partial charge in [-0.15, -0.1) is 0 Å². The molecule has 4 nitrogen and oxygen atoms in total. The second-order valence-corrected chi connectivity index (χ2v) is 8.76. The molecule has 4 rings (SSSR count). The van der Waals surface area contributed by atoms with Crippen molar-refractivity contribution in [1.29, 1.82) is 0 Å². The van der Waals surface area contributed by atoms with Crippen molar-refractivity contribution in [3.05, 3.63) is 35.4 Å². The molecule has 1 amide bonds. The highest BCUT2D eigenvalue weighted by atomic mass is 16.5. The number of fused-ring (bicyclic) bond motifs is 2. The zero-order chi connectivity index (χ0) is 19.4. The summed E-state index contributed by atoms with van der Waals surface area (Å²) >= 11 is 0. The van der Waals surface area contributed by atoms with E-state index in [1.54, 1.807) is 0 Å². The third-order valence-corrected chi connectivity index (χ3v) is 7.04. The number of allylic oxidation sites excluding steroid dienone is 1. The lowest BCUT2D eigenvalue weighted by atomic mass is 9.76. The van der Waals surface area contributed by atoms with Gasteiger partial charge in [-0.1, -0.05) is 50.3 Å². The molecule has 1 heterocycles. The van der Waals surface area contributed by atoms with Gasteiger partial charge in [0.05, 0.1) is 6.04 Å². The van der Waals surface area contributed by atoms with E-state index in [1.807, 2.05) is 7.05 Å². The second-order valence-electron chi connectivity index (χ2n) is 8.76. The maximum Gasteiger partial charge on any atom is 0.241 e. The SMILES string of the molecule is CNC(C(=O)Nc1ccc2c(c1)C=CC21CCOCC1)C1CCCCCCC1. The van der Waals surface area contributed by atoms with Crippen LogP contribution in [0.25, 0.3) is 6.08 Å². The summed E-state index contributed by atoms with van der Waals surface area (Å²) in [6.07, 6.45) is 15.4. The molecule has 0 aromatic heterocycles. The molecule has 1 unspecified atom stereocenters. The van der Waals surface area contributed by atoms with Crippen LogP contribution in [-0.2, 0) is 14.9 Å². The number of benzene rings is 1. The molecule has 4 heteroatoms. The molecule has 2 N–H and O–H groups in total. The van der Waals surface area contributed by atoms with Crippen molar-refractivity contribution in [3.8, 4) is 0 Å². The van der Waals surface area contributed by atoms with Crippen LogP contribution in [0.15, 0.2) is 24.3 Å². The molecular weight excluding hydrogens is 348 g/mol. The quantitative estimate of drug-likeness (QED) is 0.797.